The van der Waals surface area contributed by atoms with Crippen molar-refractivity contribution >= 4 is 27.5 Å². The largest absolute Gasteiger partial charge is 0.497 e. The molecule has 2 aromatic heterocycles. The van der Waals surface area contributed by atoms with Crippen LogP contribution in [-0.2, 0) is 24.9 Å². The van der Waals surface area contributed by atoms with E-state index < -0.39 is 5.69 Å². The van der Waals surface area contributed by atoms with Gasteiger partial charge in [0.25, 0.3) is 5.56 Å². The number of rotatable bonds is 5. The van der Waals surface area contributed by atoms with Gasteiger partial charge in [-0.25, -0.2) is 4.79 Å². The first kappa shape index (κ1) is 17.0. The zero-order valence-electron chi connectivity index (χ0n) is 13.8. The zero-order chi connectivity index (χ0) is 18.0. The van der Waals surface area contributed by atoms with Gasteiger partial charge in [0.15, 0.2) is 0 Å². The molecule has 3 rings (SSSR count). The summed E-state index contributed by atoms with van der Waals surface area (Å²) >= 11 is 1.25. The number of hydrogen-bond acceptors (Lipinski definition) is 5. The normalized spacial score (nSPS) is 10.8. The molecule has 130 valence electrons. The first-order chi connectivity index (χ1) is 12.0. The SMILES string of the molecule is COc1cccc(CNC(=O)Cn2c(=O)n(C)c(=O)c3sccc32)c1. The maximum Gasteiger partial charge on any atom is 0.331 e. The van der Waals surface area contributed by atoms with Crippen molar-refractivity contribution in [2.45, 2.75) is 13.1 Å². The van der Waals surface area contributed by atoms with Crippen molar-refractivity contribution in [3.05, 3.63) is 62.1 Å². The van der Waals surface area contributed by atoms with E-state index in [1.165, 1.54) is 23.0 Å². The Balaban J connectivity index is 1.79. The van der Waals surface area contributed by atoms with Gasteiger partial charge in [-0.3, -0.25) is 18.7 Å². The lowest BCUT2D eigenvalue weighted by Crippen LogP contribution is -2.40. The number of carbonyl (C=O) groups is 1. The fourth-order valence-electron chi connectivity index (χ4n) is 2.53. The molecule has 0 atom stereocenters. The Morgan fingerprint density at radius 3 is 2.84 bits per heavy atom. The summed E-state index contributed by atoms with van der Waals surface area (Å²) in [6, 6.07) is 9.04. The minimum atomic E-state index is -0.507. The number of aromatic nitrogens is 2. The molecular weight excluding hydrogens is 342 g/mol. The third-order valence-electron chi connectivity index (χ3n) is 3.88. The van der Waals surface area contributed by atoms with Crippen molar-refractivity contribution in [2.75, 3.05) is 7.11 Å². The molecular formula is C17H17N3O4S. The van der Waals surface area contributed by atoms with E-state index in [9.17, 15) is 14.4 Å². The van der Waals surface area contributed by atoms with Crippen LogP contribution in [0.3, 0.4) is 0 Å². The van der Waals surface area contributed by atoms with Crippen molar-refractivity contribution in [3.63, 3.8) is 0 Å². The minimum Gasteiger partial charge on any atom is -0.497 e. The average Bonchev–Trinajstić information content (AvgIpc) is 3.11. The molecule has 0 radical (unpaired) electrons. The number of ether oxygens (including phenoxy) is 1. The monoisotopic (exact) mass is 359 g/mol. The number of fused-ring (bicyclic) bond motifs is 1. The number of methoxy groups -OCH3 is 1. The number of hydrogen-bond donors (Lipinski definition) is 1. The number of amides is 1. The number of thiophene rings is 1. The number of nitrogens with one attached hydrogen (secondary N) is 1. The van der Waals surface area contributed by atoms with Crippen LogP contribution in [-0.4, -0.2) is 22.2 Å². The van der Waals surface area contributed by atoms with Crippen LogP contribution in [0.2, 0.25) is 0 Å². The first-order valence-corrected chi connectivity index (χ1v) is 8.46. The van der Waals surface area contributed by atoms with E-state index in [1.54, 1.807) is 18.6 Å². The van der Waals surface area contributed by atoms with Crippen LogP contribution in [0, 0.1) is 0 Å². The Bertz CT molecular complexity index is 1050. The highest BCUT2D eigenvalue weighted by molar-refractivity contribution is 7.17. The van der Waals surface area contributed by atoms with E-state index in [-0.39, 0.29) is 18.0 Å². The molecule has 0 bridgehead atoms. The second-order valence-electron chi connectivity index (χ2n) is 5.50. The van der Waals surface area contributed by atoms with Gasteiger partial charge in [0.2, 0.25) is 5.91 Å². The molecule has 3 aromatic rings. The topological polar surface area (TPSA) is 82.3 Å². The van der Waals surface area contributed by atoms with Gasteiger partial charge in [0, 0.05) is 13.6 Å². The molecule has 1 aromatic carbocycles. The van der Waals surface area contributed by atoms with Gasteiger partial charge in [0.05, 0.1) is 12.6 Å². The lowest BCUT2D eigenvalue weighted by molar-refractivity contribution is -0.121. The Morgan fingerprint density at radius 1 is 1.28 bits per heavy atom. The van der Waals surface area contributed by atoms with Crippen LogP contribution >= 0.6 is 11.3 Å². The molecule has 2 heterocycles. The number of benzene rings is 1. The summed E-state index contributed by atoms with van der Waals surface area (Å²) in [7, 11) is 2.99. The molecule has 0 aliphatic heterocycles. The molecule has 1 amide bonds. The van der Waals surface area contributed by atoms with Gasteiger partial charge in [-0.1, -0.05) is 12.1 Å². The molecule has 8 heteroatoms. The van der Waals surface area contributed by atoms with Crippen molar-refractivity contribution < 1.29 is 9.53 Å². The molecule has 0 unspecified atom stereocenters. The van der Waals surface area contributed by atoms with Crippen LogP contribution in [0.5, 0.6) is 5.75 Å². The summed E-state index contributed by atoms with van der Waals surface area (Å²) in [5, 5.41) is 4.51. The summed E-state index contributed by atoms with van der Waals surface area (Å²) in [6.45, 7) is 0.174. The highest BCUT2D eigenvalue weighted by atomic mass is 32.1. The average molecular weight is 359 g/mol. The van der Waals surface area contributed by atoms with Gasteiger partial charge in [-0.2, -0.15) is 0 Å². The molecule has 0 aliphatic rings. The molecule has 0 fully saturated rings. The van der Waals surface area contributed by atoms with Crippen LogP contribution in [0.15, 0.2) is 45.3 Å². The first-order valence-electron chi connectivity index (χ1n) is 7.58. The standard InChI is InChI=1S/C17H17N3O4S/c1-19-16(22)15-13(6-7-25-15)20(17(19)23)10-14(21)18-9-11-4-3-5-12(8-11)24-2/h3-8H,9-10H2,1-2H3,(H,18,21). The van der Waals surface area contributed by atoms with E-state index in [1.807, 2.05) is 24.3 Å². The fraction of sp³-hybridized carbons (Fsp3) is 0.235. The van der Waals surface area contributed by atoms with Crippen LogP contribution in [0.25, 0.3) is 10.2 Å². The predicted molar refractivity (Wildman–Crippen MR) is 96.2 cm³/mol. The van der Waals surface area contributed by atoms with E-state index in [4.69, 9.17) is 4.74 Å². The minimum absolute atomic E-state index is 0.149. The second kappa shape index (κ2) is 6.94. The highest BCUT2D eigenvalue weighted by Crippen LogP contribution is 2.15. The summed E-state index contributed by atoms with van der Waals surface area (Å²) in [5.41, 5.74) is 0.520. The van der Waals surface area contributed by atoms with Crippen LogP contribution in [0.1, 0.15) is 5.56 Å². The van der Waals surface area contributed by atoms with Crippen molar-refractivity contribution in [3.8, 4) is 5.75 Å². The molecule has 1 N–H and O–H groups in total. The lowest BCUT2D eigenvalue weighted by atomic mass is 10.2. The van der Waals surface area contributed by atoms with E-state index in [0.29, 0.717) is 22.5 Å². The molecule has 7 nitrogen and oxygen atoms in total. The number of nitrogens with zero attached hydrogens (tertiary/aromatic N) is 2. The molecule has 0 aliphatic carbocycles. The van der Waals surface area contributed by atoms with Crippen molar-refractivity contribution in [2.24, 2.45) is 7.05 Å². The zero-order valence-corrected chi connectivity index (χ0v) is 14.6. The van der Waals surface area contributed by atoms with Gasteiger partial charge in [0.1, 0.15) is 17.0 Å². The molecule has 25 heavy (non-hydrogen) atoms. The van der Waals surface area contributed by atoms with Gasteiger partial charge in [-0.15, -0.1) is 11.3 Å². The fourth-order valence-corrected chi connectivity index (χ4v) is 3.40. The Morgan fingerprint density at radius 2 is 2.08 bits per heavy atom. The maximum absolute atomic E-state index is 12.3. The Labute approximate surface area is 147 Å². The second-order valence-corrected chi connectivity index (χ2v) is 6.41. The van der Waals surface area contributed by atoms with Gasteiger partial charge < -0.3 is 10.1 Å². The van der Waals surface area contributed by atoms with E-state index >= 15 is 0 Å². The molecule has 0 saturated heterocycles. The summed E-state index contributed by atoms with van der Waals surface area (Å²) < 4.78 is 7.94. The van der Waals surface area contributed by atoms with Crippen molar-refractivity contribution in [1.82, 2.24) is 14.5 Å². The Hall–Kier alpha value is -2.87. The third-order valence-corrected chi connectivity index (χ3v) is 4.77. The lowest BCUT2D eigenvalue weighted by Gasteiger charge is -2.10. The van der Waals surface area contributed by atoms with Crippen LogP contribution in [0.4, 0.5) is 0 Å². The third kappa shape index (κ3) is 3.34. The summed E-state index contributed by atoms with van der Waals surface area (Å²) in [6.07, 6.45) is 0. The molecule has 0 saturated carbocycles. The number of carbonyl (C=O) groups excluding carboxylic acids is 1. The van der Waals surface area contributed by atoms with E-state index in [0.717, 1.165) is 10.1 Å². The molecule has 0 spiro atoms. The van der Waals surface area contributed by atoms with Gasteiger partial charge in [-0.05, 0) is 29.1 Å². The van der Waals surface area contributed by atoms with Gasteiger partial charge >= 0.3 is 5.69 Å². The smallest absolute Gasteiger partial charge is 0.331 e. The maximum atomic E-state index is 12.3. The Kier molecular flexibility index (Phi) is 4.71. The summed E-state index contributed by atoms with van der Waals surface area (Å²) in [4.78, 5) is 36.7. The van der Waals surface area contributed by atoms with Crippen LogP contribution < -0.4 is 21.3 Å². The quantitative estimate of drug-likeness (QED) is 0.739. The predicted octanol–water partition coefficient (Wildman–Crippen LogP) is 1.09. The summed E-state index contributed by atoms with van der Waals surface area (Å²) in [5.74, 6) is 0.400. The van der Waals surface area contributed by atoms with E-state index in [2.05, 4.69) is 5.32 Å². The van der Waals surface area contributed by atoms with Crippen molar-refractivity contribution in [1.29, 1.82) is 0 Å². The highest BCUT2D eigenvalue weighted by Gasteiger charge is 2.14.